The summed E-state index contributed by atoms with van der Waals surface area (Å²) in [6, 6.07) is 0. The van der Waals surface area contributed by atoms with Gasteiger partial charge in [0.05, 0.1) is 5.25 Å². The number of thioether (sulfide) groups is 1. The number of amidine groups is 1. The van der Waals surface area contributed by atoms with Crippen molar-refractivity contribution in [2.45, 2.75) is 18.6 Å². The number of nitrogens with two attached hydrogens (primary N) is 1. The summed E-state index contributed by atoms with van der Waals surface area (Å²) in [6.07, 6.45) is 0.813. The number of nitrogens with zero attached hydrogens (tertiary/aromatic N) is 1. The van der Waals surface area contributed by atoms with Crippen LogP contribution in [-0.4, -0.2) is 16.3 Å². The Morgan fingerprint density at radius 2 is 2.40 bits per heavy atom. The van der Waals surface area contributed by atoms with Crippen molar-refractivity contribution in [3.63, 3.8) is 0 Å². The van der Waals surface area contributed by atoms with Gasteiger partial charge in [-0.15, -0.1) is 17.0 Å². The van der Waals surface area contributed by atoms with Gasteiger partial charge in [0.2, 0.25) is 0 Å². The lowest BCUT2D eigenvalue weighted by Crippen LogP contribution is -2.08. The molecular weight excluding hydrogens is 216 g/mol. The molecule has 0 fully saturated rings. The third kappa shape index (κ3) is 1.98. The fraction of sp³-hybridized carbons (Fsp3) is 0.600. The number of aliphatic imine (C=N–C) groups is 1. The smallest absolute Gasteiger partial charge is 0.261 e. The molecule has 0 aliphatic carbocycles. The molecule has 0 spiro atoms. The Morgan fingerprint density at radius 1 is 1.80 bits per heavy atom. The van der Waals surface area contributed by atoms with E-state index in [1.807, 2.05) is 6.92 Å². The third-order valence-corrected chi connectivity index (χ3v) is 2.28. The number of rotatable bonds is 1. The van der Waals surface area contributed by atoms with Gasteiger partial charge in [-0.05, 0) is 6.42 Å². The molecule has 1 rings (SSSR count). The molecule has 10 heavy (non-hydrogen) atoms. The van der Waals surface area contributed by atoms with E-state index in [1.54, 1.807) is 0 Å². The summed E-state index contributed by atoms with van der Waals surface area (Å²) >= 11 is 1.35. The molecular formula is C5H9BrN2OS. The Bertz CT molecular complexity index is 171. The first kappa shape index (κ1) is 9.97. The Balaban J connectivity index is 0.000000810. The van der Waals surface area contributed by atoms with Gasteiger partial charge in [-0.1, -0.05) is 18.7 Å². The first-order valence-electron chi connectivity index (χ1n) is 2.78. The Hall–Kier alpha value is -0.0300. The van der Waals surface area contributed by atoms with Crippen LogP contribution in [0.2, 0.25) is 0 Å². The van der Waals surface area contributed by atoms with Gasteiger partial charge in [0.25, 0.3) is 5.91 Å². The highest BCUT2D eigenvalue weighted by molar-refractivity contribution is 8.93. The van der Waals surface area contributed by atoms with Crippen molar-refractivity contribution in [2.75, 3.05) is 0 Å². The van der Waals surface area contributed by atoms with E-state index in [1.165, 1.54) is 11.8 Å². The Morgan fingerprint density at radius 3 is 2.60 bits per heavy atom. The second-order valence-electron chi connectivity index (χ2n) is 1.80. The number of hydrogen-bond donors (Lipinski definition) is 1. The number of hydrogen-bond acceptors (Lipinski definition) is 3. The maximum absolute atomic E-state index is 10.7. The largest absolute Gasteiger partial charge is 0.378 e. The predicted octanol–water partition coefficient (Wildman–Crippen LogP) is 0.931. The maximum atomic E-state index is 10.7. The van der Waals surface area contributed by atoms with Crippen LogP contribution in [0.4, 0.5) is 0 Å². The first-order valence-corrected chi connectivity index (χ1v) is 3.66. The molecule has 1 heterocycles. The lowest BCUT2D eigenvalue weighted by Gasteiger charge is -1.97. The molecule has 1 amide bonds. The van der Waals surface area contributed by atoms with Gasteiger partial charge in [0.15, 0.2) is 5.17 Å². The van der Waals surface area contributed by atoms with Crippen molar-refractivity contribution in [1.29, 1.82) is 0 Å². The SMILES string of the molecule is Br.CCC1SC(N)=NC1=O. The van der Waals surface area contributed by atoms with Crippen molar-refractivity contribution in [2.24, 2.45) is 10.7 Å². The topological polar surface area (TPSA) is 55.4 Å². The molecule has 0 aromatic heterocycles. The summed E-state index contributed by atoms with van der Waals surface area (Å²) in [4.78, 5) is 14.3. The highest BCUT2D eigenvalue weighted by Gasteiger charge is 2.24. The maximum Gasteiger partial charge on any atom is 0.261 e. The summed E-state index contributed by atoms with van der Waals surface area (Å²) in [6.45, 7) is 1.95. The van der Waals surface area contributed by atoms with Crippen molar-refractivity contribution < 1.29 is 4.79 Å². The molecule has 3 nitrogen and oxygen atoms in total. The molecule has 1 aliphatic heterocycles. The van der Waals surface area contributed by atoms with E-state index in [4.69, 9.17) is 5.73 Å². The van der Waals surface area contributed by atoms with Gasteiger partial charge >= 0.3 is 0 Å². The zero-order valence-electron chi connectivity index (χ0n) is 5.53. The van der Waals surface area contributed by atoms with E-state index < -0.39 is 0 Å². The van der Waals surface area contributed by atoms with Gasteiger partial charge < -0.3 is 5.73 Å². The monoisotopic (exact) mass is 224 g/mol. The summed E-state index contributed by atoms with van der Waals surface area (Å²) in [5.41, 5.74) is 5.28. The minimum Gasteiger partial charge on any atom is -0.378 e. The van der Waals surface area contributed by atoms with E-state index in [0.717, 1.165) is 6.42 Å². The third-order valence-electron chi connectivity index (χ3n) is 1.13. The van der Waals surface area contributed by atoms with Gasteiger partial charge in [0.1, 0.15) is 0 Å². The highest BCUT2D eigenvalue weighted by atomic mass is 79.9. The normalized spacial score (nSPS) is 23.9. The van der Waals surface area contributed by atoms with Crippen LogP contribution >= 0.6 is 28.7 Å². The van der Waals surface area contributed by atoms with Crippen molar-refractivity contribution in [3.05, 3.63) is 0 Å². The predicted molar refractivity (Wildman–Crippen MR) is 48.6 cm³/mol. The van der Waals surface area contributed by atoms with Crippen LogP contribution in [-0.2, 0) is 4.79 Å². The van der Waals surface area contributed by atoms with Crippen molar-refractivity contribution >= 4 is 39.8 Å². The van der Waals surface area contributed by atoms with Crippen molar-refractivity contribution in [3.8, 4) is 0 Å². The molecule has 0 aromatic rings. The molecule has 58 valence electrons. The molecule has 0 radical (unpaired) electrons. The molecule has 0 saturated carbocycles. The first-order chi connectivity index (χ1) is 4.24. The average molecular weight is 225 g/mol. The van der Waals surface area contributed by atoms with Gasteiger partial charge in [-0.2, -0.15) is 4.99 Å². The molecule has 1 aliphatic rings. The highest BCUT2D eigenvalue weighted by Crippen LogP contribution is 2.21. The minimum absolute atomic E-state index is 0. The van der Waals surface area contributed by atoms with Crippen LogP contribution in [0.3, 0.4) is 0 Å². The van der Waals surface area contributed by atoms with E-state index in [0.29, 0.717) is 5.17 Å². The Labute approximate surface area is 74.2 Å². The fourth-order valence-corrected chi connectivity index (χ4v) is 1.42. The quantitative estimate of drug-likeness (QED) is 0.722. The molecule has 5 heteroatoms. The van der Waals surface area contributed by atoms with Crippen LogP contribution in [0.1, 0.15) is 13.3 Å². The van der Waals surface area contributed by atoms with E-state index in [2.05, 4.69) is 4.99 Å². The van der Waals surface area contributed by atoms with Crippen LogP contribution in [0.15, 0.2) is 4.99 Å². The fourth-order valence-electron chi connectivity index (χ4n) is 0.661. The van der Waals surface area contributed by atoms with E-state index in [9.17, 15) is 4.79 Å². The van der Waals surface area contributed by atoms with Crippen LogP contribution < -0.4 is 5.73 Å². The number of carbonyl (C=O) groups is 1. The minimum atomic E-state index is -0.0833. The second kappa shape index (κ2) is 3.98. The second-order valence-corrected chi connectivity index (χ2v) is 3.03. The van der Waals surface area contributed by atoms with Crippen molar-refractivity contribution in [1.82, 2.24) is 0 Å². The van der Waals surface area contributed by atoms with E-state index in [-0.39, 0.29) is 28.1 Å². The molecule has 0 saturated heterocycles. The number of amides is 1. The average Bonchev–Trinajstić information content (AvgIpc) is 2.10. The van der Waals surface area contributed by atoms with Gasteiger partial charge in [0, 0.05) is 0 Å². The van der Waals surface area contributed by atoms with Crippen LogP contribution in [0.5, 0.6) is 0 Å². The number of carbonyl (C=O) groups excluding carboxylic acids is 1. The summed E-state index contributed by atoms with van der Waals surface area (Å²) in [5, 5.41) is 0.400. The van der Waals surface area contributed by atoms with E-state index >= 15 is 0 Å². The summed E-state index contributed by atoms with van der Waals surface area (Å²) in [5.74, 6) is -0.0833. The molecule has 1 unspecified atom stereocenters. The molecule has 2 N–H and O–H groups in total. The molecule has 0 bridgehead atoms. The number of halogens is 1. The van der Waals surface area contributed by atoms with Crippen LogP contribution in [0.25, 0.3) is 0 Å². The Kier molecular flexibility index (Phi) is 3.96. The van der Waals surface area contributed by atoms with Gasteiger partial charge in [-0.25, -0.2) is 0 Å². The summed E-state index contributed by atoms with van der Waals surface area (Å²) in [7, 11) is 0. The zero-order valence-corrected chi connectivity index (χ0v) is 8.06. The summed E-state index contributed by atoms with van der Waals surface area (Å²) < 4.78 is 0. The zero-order chi connectivity index (χ0) is 6.85. The molecule has 0 aromatic carbocycles. The van der Waals surface area contributed by atoms with Crippen LogP contribution in [0, 0.1) is 0 Å². The lowest BCUT2D eigenvalue weighted by atomic mass is 10.3. The lowest BCUT2D eigenvalue weighted by molar-refractivity contribution is -0.117. The molecule has 1 atom stereocenters. The standard InChI is InChI=1S/C5H8N2OS.BrH/c1-2-3-4(8)7-5(6)9-3;/h3H,2H2,1H3,(H2,6,7,8);1H. The van der Waals surface area contributed by atoms with Gasteiger partial charge in [-0.3, -0.25) is 4.79 Å².